The van der Waals surface area contributed by atoms with Gasteiger partial charge < -0.3 is 0 Å². The van der Waals surface area contributed by atoms with Gasteiger partial charge in [-0.3, -0.25) is 0 Å². The van der Waals surface area contributed by atoms with Crippen LogP contribution in [0.3, 0.4) is 0 Å². The Kier molecular flexibility index (Phi) is 4.70. The lowest BCUT2D eigenvalue weighted by Crippen LogP contribution is -2.26. The summed E-state index contributed by atoms with van der Waals surface area (Å²) in [5.74, 6) is 0. The Morgan fingerprint density at radius 2 is 1.65 bits per heavy atom. The van der Waals surface area contributed by atoms with Crippen LogP contribution in [0.2, 0.25) is 10.0 Å². The summed E-state index contributed by atoms with van der Waals surface area (Å²) in [6.45, 7) is 1.78. The van der Waals surface area contributed by atoms with Crippen LogP contribution in [0.4, 0.5) is 0 Å². The van der Waals surface area contributed by atoms with E-state index in [1.807, 2.05) is 30.3 Å². The molecule has 0 spiro atoms. The average Bonchev–Trinajstić information content (AvgIpc) is 2.42. The molecule has 0 aliphatic heterocycles. The number of hydrogen-bond donors (Lipinski definition) is 1. The lowest BCUT2D eigenvalue weighted by molar-refractivity contribution is 0.567. The van der Waals surface area contributed by atoms with E-state index in [-0.39, 0.29) is 16.0 Å². The molecule has 1 N–H and O–H groups in total. The third-order valence-corrected chi connectivity index (χ3v) is 5.11. The minimum absolute atomic E-state index is 0.0923. The summed E-state index contributed by atoms with van der Waals surface area (Å²) in [4.78, 5) is 0.0923. The standard InChI is InChI=1S/C14H13Cl2NO2S/c1-10(11-5-3-2-4-6-11)17-20(18,19)12-7-8-13(15)14(16)9-12/h2-10,17H,1H3/t10-/m1/s1. The van der Waals surface area contributed by atoms with Crippen LogP contribution in [0.15, 0.2) is 53.4 Å². The van der Waals surface area contributed by atoms with Crippen LogP contribution in [0, 0.1) is 0 Å². The van der Waals surface area contributed by atoms with Crippen LogP contribution in [-0.2, 0) is 10.0 Å². The summed E-state index contributed by atoms with van der Waals surface area (Å²) in [5.41, 5.74) is 0.885. The van der Waals surface area contributed by atoms with Gasteiger partial charge >= 0.3 is 0 Å². The molecule has 1 atom stereocenters. The van der Waals surface area contributed by atoms with Gasteiger partial charge in [0, 0.05) is 6.04 Å². The van der Waals surface area contributed by atoms with Crippen molar-refractivity contribution < 1.29 is 8.42 Å². The van der Waals surface area contributed by atoms with Crippen LogP contribution < -0.4 is 4.72 Å². The second-order valence-corrected chi connectivity index (χ2v) is 6.86. The molecule has 2 aromatic carbocycles. The molecule has 0 radical (unpaired) electrons. The Balaban J connectivity index is 2.25. The van der Waals surface area contributed by atoms with Crippen molar-refractivity contribution in [1.29, 1.82) is 0 Å². The molecule has 0 aliphatic rings. The Hall–Kier alpha value is -1.07. The zero-order valence-electron chi connectivity index (χ0n) is 10.7. The molecule has 3 nitrogen and oxygen atoms in total. The topological polar surface area (TPSA) is 46.2 Å². The van der Waals surface area contributed by atoms with Gasteiger partial charge in [-0.15, -0.1) is 0 Å². The molecule has 6 heteroatoms. The number of sulfonamides is 1. The lowest BCUT2D eigenvalue weighted by Gasteiger charge is -2.15. The van der Waals surface area contributed by atoms with E-state index in [4.69, 9.17) is 23.2 Å². The largest absolute Gasteiger partial charge is 0.241 e. The van der Waals surface area contributed by atoms with E-state index >= 15 is 0 Å². The van der Waals surface area contributed by atoms with Crippen molar-refractivity contribution in [3.63, 3.8) is 0 Å². The summed E-state index contributed by atoms with van der Waals surface area (Å²) in [7, 11) is -3.64. The fourth-order valence-electron chi connectivity index (χ4n) is 1.75. The zero-order valence-corrected chi connectivity index (χ0v) is 13.0. The highest BCUT2D eigenvalue weighted by Gasteiger charge is 2.19. The maximum absolute atomic E-state index is 12.3. The summed E-state index contributed by atoms with van der Waals surface area (Å²) in [5, 5.41) is 0.531. The van der Waals surface area contributed by atoms with Gasteiger partial charge in [0.25, 0.3) is 0 Å². The van der Waals surface area contributed by atoms with Gasteiger partial charge in [-0.2, -0.15) is 0 Å². The van der Waals surface area contributed by atoms with Crippen molar-refractivity contribution in [2.45, 2.75) is 17.9 Å². The molecule has 106 valence electrons. The molecule has 0 amide bonds. The molecule has 0 heterocycles. The normalized spacial score (nSPS) is 13.2. The first-order valence-corrected chi connectivity index (χ1v) is 8.16. The maximum Gasteiger partial charge on any atom is 0.241 e. The second-order valence-electron chi connectivity index (χ2n) is 4.33. The quantitative estimate of drug-likeness (QED) is 0.920. The first-order chi connectivity index (χ1) is 9.40. The third kappa shape index (κ3) is 3.52. The van der Waals surface area contributed by atoms with Crippen molar-refractivity contribution in [3.05, 3.63) is 64.1 Å². The van der Waals surface area contributed by atoms with Gasteiger partial charge in [-0.05, 0) is 30.7 Å². The van der Waals surface area contributed by atoms with Gasteiger partial charge in [-0.25, -0.2) is 13.1 Å². The predicted molar refractivity (Wildman–Crippen MR) is 81.6 cm³/mol. The predicted octanol–water partition coefficient (Wildman–Crippen LogP) is 4.03. The molecular formula is C14H13Cl2NO2S. The highest BCUT2D eigenvalue weighted by Crippen LogP contribution is 2.25. The van der Waals surface area contributed by atoms with E-state index in [2.05, 4.69) is 4.72 Å². The van der Waals surface area contributed by atoms with E-state index in [0.717, 1.165) is 5.56 Å². The molecule has 0 unspecified atom stereocenters. The molecule has 0 aromatic heterocycles. The number of halogens is 2. The number of rotatable bonds is 4. The SMILES string of the molecule is C[C@@H](NS(=O)(=O)c1ccc(Cl)c(Cl)c1)c1ccccc1. The number of hydrogen-bond acceptors (Lipinski definition) is 2. The first-order valence-electron chi connectivity index (χ1n) is 5.92. The number of nitrogens with one attached hydrogen (secondary N) is 1. The highest BCUT2D eigenvalue weighted by molar-refractivity contribution is 7.89. The van der Waals surface area contributed by atoms with Crippen molar-refractivity contribution >= 4 is 33.2 Å². The molecule has 20 heavy (non-hydrogen) atoms. The van der Waals surface area contributed by atoms with Crippen molar-refractivity contribution in [2.24, 2.45) is 0 Å². The fourth-order valence-corrected chi connectivity index (χ4v) is 3.38. The smallest absolute Gasteiger partial charge is 0.207 e. The van der Waals surface area contributed by atoms with Crippen molar-refractivity contribution in [1.82, 2.24) is 4.72 Å². The fraction of sp³-hybridized carbons (Fsp3) is 0.143. The van der Waals surface area contributed by atoms with Gasteiger partial charge in [0.15, 0.2) is 0 Å². The van der Waals surface area contributed by atoms with Crippen LogP contribution in [0.1, 0.15) is 18.5 Å². The molecule has 2 aromatic rings. The third-order valence-electron chi connectivity index (χ3n) is 2.83. The molecule has 0 saturated heterocycles. The van der Waals surface area contributed by atoms with Gasteiger partial charge in [0.05, 0.1) is 14.9 Å². The molecule has 0 saturated carbocycles. The summed E-state index contributed by atoms with van der Waals surface area (Å²) in [6.07, 6.45) is 0. The van der Waals surface area contributed by atoms with E-state index in [0.29, 0.717) is 5.02 Å². The van der Waals surface area contributed by atoms with Crippen molar-refractivity contribution in [2.75, 3.05) is 0 Å². The first kappa shape index (κ1) is 15.3. The van der Waals surface area contributed by atoms with Gasteiger partial charge in [-0.1, -0.05) is 53.5 Å². The minimum atomic E-state index is -3.64. The highest BCUT2D eigenvalue weighted by atomic mass is 35.5. The lowest BCUT2D eigenvalue weighted by atomic mass is 10.1. The van der Waals surface area contributed by atoms with Crippen molar-refractivity contribution in [3.8, 4) is 0 Å². The summed E-state index contributed by atoms with van der Waals surface area (Å²) >= 11 is 11.6. The van der Waals surface area contributed by atoms with E-state index in [1.165, 1.54) is 18.2 Å². The molecule has 2 rings (SSSR count). The average molecular weight is 330 g/mol. The van der Waals surface area contributed by atoms with E-state index in [9.17, 15) is 8.42 Å². The summed E-state index contributed by atoms with van der Waals surface area (Å²) < 4.78 is 27.1. The van der Waals surface area contributed by atoms with Gasteiger partial charge in [0.1, 0.15) is 0 Å². The van der Waals surface area contributed by atoms with Crippen LogP contribution >= 0.6 is 23.2 Å². The Morgan fingerprint density at radius 3 is 2.25 bits per heavy atom. The van der Waals surface area contributed by atoms with E-state index < -0.39 is 10.0 Å². The maximum atomic E-state index is 12.3. The zero-order chi connectivity index (χ0) is 14.8. The minimum Gasteiger partial charge on any atom is -0.207 e. The monoisotopic (exact) mass is 329 g/mol. The number of benzene rings is 2. The Morgan fingerprint density at radius 1 is 1.00 bits per heavy atom. The molecular weight excluding hydrogens is 317 g/mol. The molecule has 0 aliphatic carbocycles. The Bertz CT molecular complexity index is 702. The summed E-state index contributed by atoms with van der Waals surface area (Å²) in [6, 6.07) is 13.2. The van der Waals surface area contributed by atoms with Crippen LogP contribution in [0.25, 0.3) is 0 Å². The molecule has 0 bridgehead atoms. The van der Waals surface area contributed by atoms with Gasteiger partial charge in [0.2, 0.25) is 10.0 Å². The molecule has 0 fully saturated rings. The van der Waals surface area contributed by atoms with Crippen LogP contribution in [0.5, 0.6) is 0 Å². The second kappa shape index (κ2) is 6.14. The van der Waals surface area contributed by atoms with E-state index in [1.54, 1.807) is 6.92 Å². The van der Waals surface area contributed by atoms with Crippen LogP contribution in [-0.4, -0.2) is 8.42 Å². The Labute approximate surface area is 128 Å².